The summed E-state index contributed by atoms with van der Waals surface area (Å²) in [6.07, 6.45) is 5.88. The molecule has 0 bridgehead atoms. The van der Waals surface area contributed by atoms with Crippen LogP contribution < -0.4 is 0 Å². The van der Waals surface area contributed by atoms with Gasteiger partial charge < -0.3 is 8.98 Å². The Morgan fingerprint density at radius 3 is 2.20 bits per heavy atom. The van der Waals surface area contributed by atoms with Crippen molar-refractivity contribution in [1.82, 2.24) is 19.1 Å². The quantitative estimate of drug-likeness (QED) is 0.176. The molecule has 0 saturated carbocycles. The Balaban J connectivity index is 1.36. The van der Waals surface area contributed by atoms with Gasteiger partial charge in [-0.15, -0.1) is 0 Å². The van der Waals surface area contributed by atoms with Crippen LogP contribution in [0, 0.1) is 6.92 Å². The van der Waals surface area contributed by atoms with Gasteiger partial charge in [0.15, 0.2) is 5.58 Å². The van der Waals surface area contributed by atoms with Gasteiger partial charge in [0.05, 0.1) is 22.2 Å². The molecule has 4 aromatic heterocycles. The molecule has 6 aromatic carbocycles. The summed E-state index contributed by atoms with van der Waals surface area (Å²) in [5.74, 6) is 0.583. The molecule has 0 atom stereocenters. The number of aromatic nitrogens is 4. The molecule has 0 aliphatic rings. The summed E-state index contributed by atoms with van der Waals surface area (Å²) in [6, 6.07) is 46.7. The molecule has 0 spiro atoms. The van der Waals surface area contributed by atoms with Gasteiger partial charge >= 0.3 is 0 Å². The first-order valence-electron chi connectivity index (χ1n) is 16.8. The summed E-state index contributed by atoms with van der Waals surface area (Å²) in [6.45, 7) is 6.13. The third-order valence-corrected chi connectivity index (χ3v) is 9.90. The van der Waals surface area contributed by atoms with E-state index >= 15 is 0 Å². The van der Waals surface area contributed by atoms with Crippen LogP contribution in [0.1, 0.15) is 11.3 Å². The molecule has 5 heteroatoms. The lowest BCUT2D eigenvalue weighted by Crippen LogP contribution is -2.05. The molecule has 0 aliphatic heterocycles. The van der Waals surface area contributed by atoms with Gasteiger partial charge in [0, 0.05) is 32.8 Å². The monoisotopic (exact) mass is 642 g/mol. The molecule has 0 unspecified atom stereocenters. The van der Waals surface area contributed by atoms with E-state index in [1.807, 2.05) is 24.3 Å². The summed E-state index contributed by atoms with van der Waals surface area (Å²) < 4.78 is 11.2. The van der Waals surface area contributed by atoms with E-state index in [9.17, 15) is 0 Å². The lowest BCUT2D eigenvalue weighted by atomic mass is 10.0. The number of para-hydroxylation sites is 3. The Morgan fingerprint density at radius 2 is 1.36 bits per heavy atom. The van der Waals surface area contributed by atoms with E-state index in [0.29, 0.717) is 11.5 Å². The Labute approximate surface area is 287 Å². The van der Waals surface area contributed by atoms with Crippen molar-refractivity contribution in [1.29, 1.82) is 0 Å². The van der Waals surface area contributed by atoms with Gasteiger partial charge in [0.25, 0.3) is 0 Å². The van der Waals surface area contributed by atoms with Crippen molar-refractivity contribution in [2.24, 2.45) is 0 Å². The van der Waals surface area contributed by atoms with Crippen molar-refractivity contribution in [3.63, 3.8) is 0 Å². The zero-order valence-corrected chi connectivity index (χ0v) is 27.3. The number of rotatable bonds is 5. The van der Waals surface area contributed by atoms with Crippen molar-refractivity contribution in [2.45, 2.75) is 6.92 Å². The second-order valence-corrected chi connectivity index (χ2v) is 12.7. The number of fused-ring (bicyclic) bond motifs is 8. The summed E-state index contributed by atoms with van der Waals surface area (Å²) in [4.78, 5) is 10.8. The third kappa shape index (κ3) is 4.07. The lowest BCUT2D eigenvalue weighted by Gasteiger charge is -2.12. The highest BCUT2D eigenvalue weighted by Gasteiger charge is 2.24. The largest absolute Gasteiger partial charge is 0.452 e. The maximum absolute atomic E-state index is 6.66. The molecular formula is C45H30N4O. The summed E-state index contributed by atoms with van der Waals surface area (Å²) in [7, 11) is 0. The van der Waals surface area contributed by atoms with E-state index in [4.69, 9.17) is 14.4 Å². The second kappa shape index (κ2) is 10.9. The third-order valence-electron chi connectivity index (χ3n) is 9.90. The fraction of sp³-hybridized carbons (Fsp3) is 0.0222. The van der Waals surface area contributed by atoms with Crippen molar-refractivity contribution < 1.29 is 4.42 Å². The fourth-order valence-electron chi connectivity index (χ4n) is 7.66. The summed E-state index contributed by atoms with van der Waals surface area (Å²) in [5.41, 5.74) is 10.5. The fourth-order valence-corrected chi connectivity index (χ4v) is 7.66. The minimum absolute atomic E-state index is 0.583. The molecule has 0 N–H and O–H groups in total. The van der Waals surface area contributed by atoms with Crippen LogP contribution in [0.15, 0.2) is 157 Å². The van der Waals surface area contributed by atoms with Gasteiger partial charge in [-0.05, 0) is 77.9 Å². The average Bonchev–Trinajstić information content (AvgIpc) is 3.80. The Bertz CT molecular complexity index is 3010. The van der Waals surface area contributed by atoms with E-state index in [1.54, 1.807) is 6.08 Å². The number of aryl methyl sites for hydroxylation is 1. The molecule has 0 saturated heterocycles. The zero-order chi connectivity index (χ0) is 33.3. The number of benzene rings is 6. The Kier molecular flexibility index (Phi) is 6.17. The lowest BCUT2D eigenvalue weighted by molar-refractivity contribution is 0.666. The van der Waals surface area contributed by atoms with Gasteiger partial charge in [-0.25, -0.2) is 9.97 Å². The van der Waals surface area contributed by atoms with Gasteiger partial charge in [0.1, 0.15) is 16.8 Å². The van der Waals surface area contributed by atoms with Gasteiger partial charge in [-0.1, -0.05) is 104 Å². The number of furan rings is 1. The van der Waals surface area contributed by atoms with Crippen molar-refractivity contribution in [3.05, 3.63) is 163 Å². The van der Waals surface area contributed by atoms with Gasteiger partial charge in [-0.3, -0.25) is 4.57 Å². The van der Waals surface area contributed by atoms with Crippen molar-refractivity contribution in [2.75, 3.05) is 0 Å². The highest BCUT2D eigenvalue weighted by Crippen LogP contribution is 2.42. The van der Waals surface area contributed by atoms with Crippen LogP contribution in [-0.2, 0) is 0 Å². The SMILES string of the molecule is C=C/C=C\c1c(C)c2cc3ccccc3cc2n1-c1nc(-c2cccc3c2c2ccccc2n3-c2ccccc2)c2oc3ccccc3c2n1. The molecule has 50 heavy (non-hydrogen) atoms. The predicted molar refractivity (Wildman–Crippen MR) is 207 cm³/mol. The molecule has 0 radical (unpaired) electrons. The van der Waals surface area contributed by atoms with E-state index in [1.165, 1.54) is 5.39 Å². The molecule has 236 valence electrons. The topological polar surface area (TPSA) is 48.8 Å². The molecule has 4 heterocycles. The number of hydrogen-bond acceptors (Lipinski definition) is 3. The molecule has 0 fully saturated rings. The first kappa shape index (κ1) is 28.3. The van der Waals surface area contributed by atoms with Crippen LogP contribution in [0.25, 0.3) is 94.5 Å². The standard InChI is InChI=1S/C45H30N4O/c1-3-4-22-36-28(2)35-26-29-15-8-9-16-30(29)27-39(35)49(36)45-46-42-33-20-11-13-25-40(33)50-44(42)43(47-45)34-21-14-24-38-41(34)32-19-10-12-23-37(32)48(38)31-17-6-5-7-18-31/h3-27H,1H2,2H3/b22-4-. The number of allylic oxidation sites excluding steroid dienone is 2. The molecule has 0 aliphatic carbocycles. The Hall–Kier alpha value is -6.72. The van der Waals surface area contributed by atoms with Crippen LogP contribution >= 0.6 is 0 Å². The molecule has 5 nitrogen and oxygen atoms in total. The highest BCUT2D eigenvalue weighted by molar-refractivity contribution is 6.18. The van der Waals surface area contributed by atoms with Crippen molar-refractivity contribution >= 4 is 71.6 Å². The summed E-state index contributed by atoms with van der Waals surface area (Å²) >= 11 is 0. The second-order valence-electron chi connectivity index (χ2n) is 12.7. The van der Waals surface area contributed by atoms with Crippen LogP contribution in [0.4, 0.5) is 0 Å². The minimum atomic E-state index is 0.583. The van der Waals surface area contributed by atoms with E-state index < -0.39 is 0 Å². The first-order chi connectivity index (χ1) is 24.7. The highest BCUT2D eigenvalue weighted by atomic mass is 16.3. The smallest absolute Gasteiger partial charge is 0.236 e. The maximum Gasteiger partial charge on any atom is 0.236 e. The van der Waals surface area contributed by atoms with Crippen LogP contribution in [0.5, 0.6) is 0 Å². The predicted octanol–water partition coefficient (Wildman–Crippen LogP) is 11.7. The van der Waals surface area contributed by atoms with Crippen LogP contribution in [0.2, 0.25) is 0 Å². The average molecular weight is 643 g/mol. The minimum Gasteiger partial charge on any atom is -0.452 e. The first-order valence-corrected chi connectivity index (χ1v) is 16.8. The normalized spacial score (nSPS) is 12.1. The Morgan fingerprint density at radius 1 is 0.640 bits per heavy atom. The molecule has 10 rings (SSSR count). The molecule has 0 amide bonds. The van der Waals surface area contributed by atoms with Crippen LogP contribution in [0.3, 0.4) is 0 Å². The zero-order valence-electron chi connectivity index (χ0n) is 27.3. The van der Waals surface area contributed by atoms with Gasteiger partial charge in [-0.2, -0.15) is 0 Å². The van der Waals surface area contributed by atoms with Crippen molar-refractivity contribution in [3.8, 4) is 22.9 Å². The number of nitrogens with zero attached hydrogens (tertiary/aromatic N) is 4. The van der Waals surface area contributed by atoms with E-state index in [0.717, 1.165) is 82.8 Å². The van der Waals surface area contributed by atoms with Crippen LogP contribution in [-0.4, -0.2) is 19.1 Å². The number of hydrogen-bond donors (Lipinski definition) is 0. The van der Waals surface area contributed by atoms with Gasteiger partial charge in [0.2, 0.25) is 5.95 Å². The molecular weight excluding hydrogens is 613 g/mol. The van der Waals surface area contributed by atoms with E-state index in [-0.39, 0.29) is 0 Å². The molecule has 10 aromatic rings. The maximum atomic E-state index is 6.66. The van der Waals surface area contributed by atoms with E-state index in [2.05, 4.69) is 144 Å². The summed E-state index contributed by atoms with van der Waals surface area (Å²) in [5, 5.41) is 6.72.